The van der Waals surface area contributed by atoms with Crippen LogP contribution in [0.3, 0.4) is 0 Å². The van der Waals surface area contributed by atoms with Gasteiger partial charge in [-0.1, -0.05) is 12.1 Å². The van der Waals surface area contributed by atoms with Gasteiger partial charge in [-0.3, -0.25) is 9.59 Å². The summed E-state index contributed by atoms with van der Waals surface area (Å²) in [5, 5.41) is 15.8. The van der Waals surface area contributed by atoms with Gasteiger partial charge in [0.25, 0.3) is 5.91 Å². The van der Waals surface area contributed by atoms with Crippen LogP contribution in [0.4, 0.5) is 18.9 Å². The number of rotatable bonds is 3. The molecule has 28 heavy (non-hydrogen) atoms. The minimum absolute atomic E-state index is 0.0544. The zero-order valence-electron chi connectivity index (χ0n) is 14.5. The van der Waals surface area contributed by atoms with Gasteiger partial charge in [0.15, 0.2) is 5.69 Å². The van der Waals surface area contributed by atoms with Gasteiger partial charge in [-0.2, -0.15) is 18.3 Å². The van der Waals surface area contributed by atoms with E-state index in [-0.39, 0.29) is 22.8 Å². The van der Waals surface area contributed by atoms with E-state index < -0.39 is 28.8 Å². The average molecular weight is 389 g/mol. The summed E-state index contributed by atoms with van der Waals surface area (Å²) >= 11 is 0. The normalized spacial score (nSPS) is 11.3. The number of amides is 1. The molecular formula is C19H14F3N3O3. The first kappa shape index (κ1) is 19.2. The van der Waals surface area contributed by atoms with E-state index in [1.165, 1.54) is 43.3 Å². The number of nitrogens with one attached hydrogen (secondary N) is 1. The van der Waals surface area contributed by atoms with E-state index >= 15 is 0 Å². The molecule has 0 radical (unpaired) electrons. The van der Waals surface area contributed by atoms with E-state index in [9.17, 15) is 27.9 Å². The molecule has 0 atom stereocenters. The fourth-order valence-corrected chi connectivity index (χ4v) is 2.55. The molecule has 0 aliphatic carbocycles. The Balaban J connectivity index is 2.02. The molecule has 0 fully saturated rings. The van der Waals surface area contributed by atoms with Crippen molar-refractivity contribution >= 4 is 11.6 Å². The number of carbonyl (C=O) groups excluding carboxylic acids is 1. The Bertz CT molecular complexity index is 1110. The third-order valence-electron chi connectivity index (χ3n) is 3.84. The first-order valence-corrected chi connectivity index (χ1v) is 8.04. The molecule has 1 aromatic heterocycles. The number of aromatic nitrogens is 2. The van der Waals surface area contributed by atoms with Gasteiger partial charge in [0.1, 0.15) is 5.75 Å². The van der Waals surface area contributed by atoms with E-state index in [4.69, 9.17) is 0 Å². The fourth-order valence-electron chi connectivity index (χ4n) is 2.55. The number of nitrogens with zero attached hydrogens (tertiary/aromatic N) is 2. The summed E-state index contributed by atoms with van der Waals surface area (Å²) in [5.41, 5.74) is -1.50. The van der Waals surface area contributed by atoms with Crippen molar-refractivity contribution in [3.63, 3.8) is 0 Å². The lowest BCUT2D eigenvalue weighted by atomic mass is 10.2. The quantitative estimate of drug-likeness (QED) is 0.718. The first-order valence-electron chi connectivity index (χ1n) is 8.04. The minimum atomic E-state index is -4.54. The highest BCUT2D eigenvalue weighted by atomic mass is 19.4. The highest BCUT2D eigenvalue weighted by Crippen LogP contribution is 2.30. The molecule has 0 aliphatic rings. The first-order chi connectivity index (χ1) is 13.1. The standard InChI is InChI=1S/C19H14F3N3O3/c1-11-8-16(27)17(18(28)23-13-5-3-7-15(26)10-13)24-25(11)14-6-2-4-12(9-14)19(20,21)22/h2-10,26H,1H3,(H,23,28). The van der Waals surface area contributed by atoms with E-state index in [2.05, 4.69) is 10.4 Å². The predicted octanol–water partition coefficient (Wildman–Crippen LogP) is 3.52. The monoisotopic (exact) mass is 389 g/mol. The van der Waals surface area contributed by atoms with Gasteiger partial charge in [-0.25, -0.2) is 4.68 Å². The van der Waals surface area contributed by atoms with Gasteiger partial charge in [-0.15, -0.1) is 0 Å². The largest absolute Gasteiger partial charge is 0.508 e. The van der Waals surface area contributed by atoms with Crippen molar-refractivity contribution < 1.29 is 23.1 Å². The summed E-state index contributed by atoms with van der Waals surface area (Å²) < 4.78 is 40.0. The van der Waals surface area contributed by atoms with Crippen LogP contribution in [0.5, 0.6) is 5.75 Å². The molecule has 0 saturated carbocycles. The smallest absolute Gasteiger partial charge is 0.416 e. The Kier molecular flexibility index (Phi) is 4.91. The number of aryl methyl sites for hydroxylation is 1. The van der Waals surface area contributed by atoms with Crippen molar-refractivity contribution in [2.24, 2.45) is 0 Å². The van der Waals surface area contributed by atoms with E-state index in [1.807, 2.05) is 0 Å². The van der Waals surface area contributed by atoms with Crippen molar-refractivity contribution in [1.82, 2.24) is 9.78 Å². The van der Waals surface area contributed by atoms with E-state index in [0.717, 1.165) is 22.9 Å². The molecule has 1 heterocycles. The second-order valence-corrected chi connectivity index (χ2v) is 5.96. The van der Waals surface area contributed by atoms with Gasteiger partial charge in [0.2, 0.25) is 5.43 Å². The summed E-state index contributed by atoms with van der Waals surface area (Å²) in [4.78, 5) is 24.6. The number of benzene rings is 2. The molecule has 0 bridgehead atoms. The maximum atomic E-state index is 13.0. The number of carbonyl (C=O) groups is 1. The molecule has 0 saturated heterocycles. The number of hydrogen-bond acceptors (Lipinski definition) is 4. The summed E-state index contributed by atoms with van der Waals surface area (Å²) in [7, 11) is 0. The number of aromatic hydroxyl groups is 1. The number of hydrogen-bond donors (Lipinski definition) is 2. The average Bonchev–Trinajstić information content (AvgIpc) is 2.61. The number of phenols is 1. The lowest BCUT2D eigenvalue weighted by Crippen LogP contribution is -2.27. The van der Waals surface area contributed by atoms with Crippen LogP contribution in [-0.4, -0.2) is 20.8 Å². The summed E-state index contributed by atoms with van der Waals surface area (Å²) in [6.45, 7) is 1.49. The molecule has 2 N–H and O–H groups in total. The lowest BCUT2D eigenvalue weighted by molar-refractivity contribution is -0.137. The molecule has 6 nitrogen and oxygen atoms in total. The second kappa shape index (κ2) is 7.18. The van der Waals surface area contributed by atoms with Crippen LogP contribution in [0.15, 0.2) is 59.4 Å². The van der Waals surface area contributed by atoms with Crippen molar-refractivity contribution in [2.45, 2.75) is 13.1 Å². The molecule has 3 rings (SSSR count). The van der Waals surface area contributed by atoms with Gasteiger partial charge in [-0.05, 0) is 37.3 Å². The Hall–Kier alpha value is -3.62. The Morgan fingerprint density at radius 2 is 1.82 bits per heavy atom. The molecule has 0 aliphatic heterocycles. The lowest BCUT2D eigenvalue weighted by Gasteiger charge is -2.13. The fraction of sp³-hybridized carbons (Fsp3) is 0.105. The predicted molar refractivity (Wildman–Crippen MR) is 95.6 cm³/mol. The minimum Gasteiger partial charge on any atom is -0.508 e. The molecule has 0 unspecified atom stereocenters. The van der Waals surface area contributed by atoms with Crippen LogP contribution in [0, 0.1) is 6.92 Å². The highest BCUT2D eigenvalue weighted by Gasteiger charge is 2.30. The van der Waals surface area contributed by atoms with Crippen molar-refractivity contribution in [1.29, 1.82) is 0 Å². The van der Waals surface area contributed by atoms with Crippen molar-refractivity contribution in [2.75, 3.05) is 5.32 Å². The molecule has 0 spiro atoms. The van der Waals surface area contributed by atoms with Gasteiger partial charge < -0.3 is 10.4 Å². The van der Waals surface area contributed by atoms with Crippen LogP contribution in [0.1, 0.15) is 21.7 Å². The highest BCUT2D eigenvalue weighted by molar-refractivity contribution is 6.02. The van der Waals surface area contributed by atoms with E-state index in [1.54, 1.807) is 0 Å². The third-order valence-corrected chi connectivity index (χ3v) is 3.84. The Morgan fingerprint density at radius 1 is 1.11 bits per heavy atom. The maximum Gasteiger partial charge on any atom is 0.416 e. The number of phenolic OH excluding ortho intramolecular Hbond substituents is 1. The van der Waals surface area contributed by atoms with Crippen LogP contribution in [0.25, 0.3) is 5.69 Å². The van der Waals surface area contributed by atoms with Crippen LogP contribution in [0.2, 0.25) is 0 Å². The van der Waals surface area contributed by atoms with Crippen LogP contribution < -0.4 is 10.7 Å². The molecule has 2 aromatic carbocycles. The second-order valence-electron chi connectivity index (χ2n) is 5.96. The van der Waals surface area contributed by atoms with Crippen molar-refractivity contribution in [3.8, 4) is 11.4 Å². The third kappa shape index (κ3) is 4.03. The van der Waals surface area contributed by atoms with Gasteiger partial charge in [0.05, 0.1) is 11.3 Å². The van der Waals surface area contributed by atoms with Gasteiger partial charge in [0, 0.05) is 23.5 Å². The SMILES string of the molecule is Cc1cc(=O)c(C(=O)Nc2cccc(O)c2)nn1-c1cccc(C(F)(F)F)c1. The molecule has 3 aromatic rings. The zero-order chi connectivity index (χ0) is 20.5. The number of alkyl halides is 3. The van der Waals surface area contributed by atoms with E-state index in [0.29, 0.717) is 0 Å². The summed E-state index contributed by atoms with van der Waals surface area (Å²) in [6, 6.07) is 11.2. The summed E-state index contributed by atoms with van der Waals surface area (Å²) in [5.74, 6) is -0.938. The maximum absolute atomic E-state index is 13.0. The van der Waals surface area contributed by atoms with Crippen molar-refractivity contribution in [3.05, 3.63) is 81.8 Å². The number of anilines is 1. The molecule has 144 valence electrons. The Morgan fingerprint density at radius 3 is 2.50 bits per heavy atom. The number of halogens is 3. The van der Waals surface area contributed by atoms with Gasteiger partial charge >= 0.3 is 6.18 Å². The zero-order valence-corrected chi connectivity index (χ0v) is 14.5. The molecule has 1 amide bonds. The molecule has 9 heteroatoms. The molecular weight excluding hydrogens is 375 g/mol. The van der Waals surface area contributed by atoms with Crippen LogP contribution in [-0.2, 0) is 6.18 Å². The topological polar surface area (TPSA) is 84.2 Å². The van der Waals surface area contributed by atoms with Crippen LogP contribution >= 0.6 is 0 Å². The Labute approximate surface area is 156 Å². The summed E-state index contributed by atoms with van der Waals surface area (Å²) in [6.07, 6.45) is -4.54.